The third-order valence-electron chi connectivity index (χ3n) is 21.8. The number of ether oxygens (including phenoxy) is 1. The van der Waals surface area contributed by atoms with Gasteiger partial charge in [0.1, 0.15) is 0 Å². The van der Waals surface area contributed by atoms with Crippen molar-refractivity contribution >= 4 is 52.6 Å². The van der Waals surface area contributed by atoms with Crippen LogP contribution in [-0.4, -0.2) is 59.5 Å². The largest absolute Gasteiger partial charge is 0.466 e. The molecule has 0 bridgehead atoms. The zero-order valence-electron chi connectivity index (χ0n) is 55.7. The normalized spacial score (nSPS) is 24.2. The van der Waals surface area contributed by atoms with Crippen molar-refractivity contribution in [2.24, 2.45) is 46.3 Å². The summed E-state index contributed by atoms with van der Waals surface area (Å²) in [5.74, 6) is -1.88. The molecule has 0 unspecified atom stereocenters. The molecule has 520 valence electrons. The van der Waals surface area contributed by atoms with Crippen LogP contribution in [0.15, 0.2) is 97.1 Å². The van der Waals surface area contributed by atoms with Gasteiger partial charge in [0.2, 0.25) is 0 Å². The topological polar surface area (TPSA) is 210 Å². The number of halogens is 6. The summed E-state index contributed by atoms with van der Waals surface area (Å²) < 4.78 is 87.5. The van der Waals surface area contributed by atoms with Crippen LogP contribution in [0, 0.1) is 56.5 Å². The minimum absolute atomic E-state index is 0.0352. The molecule has 15 nitrogen and oxygen atoms in total. The molecular weight excluding hydrogens is 1230 g/mol. The number of amides is 6. The molecule has 6 amide bonds. The Labute approximate surface area is 556 Å². The molecule has 0 heterocycles. The van der Waals surface area contributed by atoms with Crippen molar-refractivity contribution < 1.29 is 60.0 Å². The van der Waals surface area contributed by atoms with E-state index < -0.39 is 75.2 Å². The number of hydrogen-bond acceptors (Lipinski definition) is 8. The van der Waals surface area contributed by atoms with E-state index in [9.17, 15) is 60.4 Å². The first-order valence-electron chi connectivity index (χ1n) is 35.0. The van der Waals surface area contributed by atoms with Crippen molar-refractivity contribution in [1.82, 2.24) is 16.0 Å². The Morgan fingerprint density at radius 2 is 1.08 bits per heavy atom. The summed E-state index contributed by atoms with van der Waals surface area (Å²) in [6, 6.07) is 17.4. The lowest BCUT2D eigenvalue weighted by atomic mass is 9.42. The van der Waals surface area contributed by atoms with Crippen LogP contribution in [0.3, 0.4) is 0 Å². The fourth-order valence-corrected chi connectivity index (χ4v) is 16.6. The molecule has 4 aliphatic carbocycles. The van der Waals surface area contributed by atoms with Crippen LogP contribution in [0.4, 0.5) is 58.7 Å². The lowest BCUT2D eigenvalue weighted by Gasteiger charge is -2.65. The van der Waals surface area contributed by atoms with Crippen LogP contribution in [0.1, 0.15) is 233 Å². The average Bonchev–Trinajstić information content (AvgIpc) is 1.67. The third kappa shape index (κ3) is 20.2. The van der Waals surface area contributed by atoms with Crippen molar-refractivity contribution in [3.63, 3.8) is 0 Å². The lowest BCUT2D eigenvalue weighted by Crippen LogP contribution is -2.68. The van der Waals surface area contributed by atoms with E-state index in [0.717, 1.165) is 49.9 Å². The number of urea groups is 2. The van der Waals surface area contributed by atoms with Crippen LogP contribution < -0.4 is 31.9 Å². The minimum atomic E-state index is -4.59. The number of rotatable bonds is 32. The number of esters is 1. The molecule has 6 N–H and O–H groups in total. The van der Waals surface area contributed by atoms with E-state index in [4.69, 9.17) is 4.74 Å². The van der Waals surface area contributed by atoms with E-state index in [1.807, 2.05) is 0 Å². The van der Waals surface area contributed by atoms with Gasteiger partial charge in [0, 0.05) is 64.9 Å². The number of nitrogens with zero attached hydrogens (tertiary/aromatic N) is 1. The standard InChI is InChI=1S/C74H99F6N7O8/c1-5-6-7-8-9-10-11-12-13-14-15-16-17-18-19-20-21-22-44-95-65(88)41-26-49(2)60-39-40-61-66-62(48-64(72(60,61)4)86-70(92)84-57-33-29-53(30-34-57)74(78,79)80)71(3)43-42-58(46-54(71)47-63(66)85-69(91)83-56-31-27-52(28-32-56)73(75,76)77)82-68(90)51-25-23-24-50(45-51)67(89)81-55-35-37-59(38-36-55)87(93)94/h23-25,27-38,45,49,54,58,60-64,66H,5-22,26,39-44,46-48H2,1-4H3,(H,81,89)(H,82,90)(H2,83,85,91)(H2,84,86,92)/t49-,54+,58-,60-,61+,62+,63-,64+,66+,71+,72-/m1/s1. The Morgan fingerprint density at radius 1 is 0.589 bits per heavy atom. The Bertz CT molecular complexity index is 3170. The number of nitro benzene ring substituents is 1. The molecular formula is C74H99F6N7O8. The first-order chi connectivity index (χ1) is 45.4. The van der Waals surface area contributed by atoms with E-state index in [0.29, 0.717) is 57.2 Å². The summed E-state index contributed by atoms with van der Waals surface area (Å²) in [5, 5.41) is 29.3. The number of nitro groups is 1. The van der Waals surface area contributed by atoms with Crippen molar-refractivity contribution in [1.29, 1.82) is 0 Å². The molecule has 4 fully saturated rings. The number of alkyl halides is 6. The van der Waals surface area contributed by atoms with Crippen molar-refractivity contribution in [3.8, 4) is 0 Å². The van der Waals surface area contributed by atoms with Crippen molar-refractivity contribution in [3.05, 3.63) is 129 Å². The van der Waals surface area contributed by atoms with Crippen LogP contribution in [0.2, 0.25) is 0 Å². The number of fused-ring (bicyclic) bond motifs is 5. The van der Waals surface area contributed by atoms with Gasteiger partial charge in [0.05, 0.1) is 22.7 Å². The fraction of sp³-hybridized carbons (Fsp3) is 0.608. The van der Waals surface area contributed by atoms with Gasteiger partial charge in [0.15, 0.2) is 0 Å². The monoisotopic (exact) mass is 1330 g/mol. The van der Waals surface area contributed by atoms with Gasteiger partial charge in [-0.05, 0) is 183 Å². The Kier molecular flexibility index (Phi) is 26.5. The quantitative estimate of drug-likeness (QED) is 0.00909. The maximum Gasteiger partial charge on any atom is 0.416 e. The smallest absolute Gasteiger partial charge is 0.416 e. The second-order valence-electron chi connectivity index (χ2n) is 28.1. The van der Waals surface area contributed by atoms with Crippen LogP contribution in [-0.2, 0) is 21.9 Å². The van der Waals surface area contributed by atoms with Crippen molar-refractivity contribution in [2.75, 3.05) is 22.6 Å². The van der Waals surface area contributed by atoms with Gasteiger partial charge in [-0.1, -0.05) is 143 Å². The van der Waals surface area contributed by atoms with Crippen molar-refractivity contribution in [2.45, 2.75) is 232 Å². The average molecular weight is 1330 g/mol. The first-order valence-corrected chi connectivity index (χ1v) is 35.0. The Balaban J connectivity index is 0.940. The second-order valence-corrected chi connectivity index (χ2v) is 28.1. The van der Waals surface area contributed by atoms with E-state index in [2.05, 4.69) is 59.6 Å². The van der Waals surface area contributed by atoms with E-state index >= 15 is 0 Å². The molecule has 11 atom stereocenters. The number of non-ortho nitro benzene ring substituents is 1. The third-order valence-corrected chi connectivity index (χ3v) is 21.8. The molecule has 95 heavy (non-hydrogen) atoms. The molecule has 4 aromatic carbocycles. The predicted octanol–water partition coefficient (Wildman–Crippen LogP) is 19.2. The molecule has 0 saturated heterocycles. The predicted molar refractivity (Wildman–Crippen MR) is 358 cm³/mol. The summed E-state index contributed by atoms with van der Waals surface area (Å²) in [5.41, 5.74) is -1.90. The molecule has 4 aromatic rings. The molecule has 4 aliphatic rings. The zero-order chi connectivity index (χ0) is 68.3. The summed E-state index contributed by atoms with van der Waals surface area (Å²) in [4.78, 5) is 80.3. The summed E-state index contributed by atoms with van der Waals surface area (Å²) in [6.07, 6.45) is 18.3. The van der Waals surface area contributed by atoms with Crippen LogP contribution >= 0.6 is 0 Å². The van der Waals surface area contributed by atoms with Crippen LogP contribution in [0.25, 0.3) is 0 Å². The molecule has 21 heteroatoms. The highest BCUT2D eigenvalue weighted by Gasteiger charge is 2.66. The highest BCUT2D eigenvalue weighted by atomic mass is 19.4. The molecule has 0 radical (unpaired) electrons. The minimum Gasteiger partial charge on any atom is -0.466 e. The molecule has 8 rings (SSSR count). The number of carbonyl (C=O) groups excluding carboxylic acids is 5. The first kappa shape index (κ1) is 73.6. The van der Waals surface area contributed by atoms with Gasteiger partial charge in [-0.2, -0.15) is 26.3 Å². The van der Waals surface area contributed by atoms with E-state index in [-0.39, 0.29) is 82.1 Å². The Hall–Kier alpha value is -7.19. The zero-order valence-corrected chi connectivity index (χ0v) is 55.7. The van der Waals surface area contributed by atoms with Gasteiger partial charge < -0.3 is 36.6 Å². The maximum atomic E-state index is 14.4. The highest BCUT2D eigenvalue weighted by Crippen LogP contribution is 2.68. The summed E-state index contributed by atoms with van der Waals surface area (Å²) in [7, 11) is 0. The van der Waals surface area contributed by atoms with Gasteiger partial charge in [0.25, 0.3) is 17.5 Å². The van der Waals surface area contributed by atoms with Gasteiger partial charge >= 0.3 is 30.4 Å². The molecule has 0 aromatic heterocycles. The molecule has 4 saturated carbocycles. The van der Waals surface area contributed by atoms with E-state index in [1.165, 1.54) is 151 Å². The highest BCUT2D eigenvalue weighted by molar-refractivity contribution is 6.06. The molecule has 0 spiro atoms. The molecule has 0 aliphatic heterocycles. The second kappa shape index (κ2) is 34.2. The fourth-order valence-electron chi connectivity index (χ4n) is 16.6. The summed E-state index contributed by atoms with van der Waals surface area (Å²) in [6.45, 7) is 9.16. The Morgan fingerprint density at radius 3 is 1.61 bits per heavy atom. The number of carbonyl (C=O) groups is 5. The number of unbranched alkanes of at least 4 members (excludes halogenated alkanes) is 17. The van der Waals surface area contributed by atoms with Gasteiger partial charge in [-0.25, -0.2) is 9.59 Å². The van der Waals surface area contributed by atoms with E-state index in [1.54, 1.807) is 18.2 Å². The van der Waals surface area contributed by atoms with Gasteiger partial charge in [-0.3, -0.25) is 24.5 Å². The lowest BCUT2D eigenvalue weighted by molar-refractivity contribution is -0.384. The number of nitrogens with one attached hydrogen (secondary N) is 6. The SMILES string of the molecule is CCCCCCCCCCCCCCCCCCCCOC(=O)CC[C@@H](C)[C@H]1CC[C@H]2[C@@H]3[C@H](NC(=O)Nc4ccc(C(F)(F)F)cc4)C[C@@H]4C[C@H](NC(=O)c5cccc(C(=O)Nc6ccc([N+](=O)[O-])cc6)c5)CC[C@]4(C)[C@H]3C[C@H](NC(=O)Nc3ccc(C(F)(F)F)cc3)[C@]12C. The summed E-state index contributed by atoms with van der Waals surface area (Å²) >= 11 is 0. The maximum absolute atomic E-state index is 14.4. The van der Waals surface area contributed by atoms with Crippen LogP contribution in [0.5, 0.6) is 0 Å². The number of anilines is 3. The number of benzene rings is 4. The number of hydrogen-bond donors (Lipinski definition) is 6. The van der Waals surface area contributed by atoms with Gasteiger partial charge in [-0.15, -0.1) is 0 Å².